The quantitative estimate of drug-likeness (QED) is 0.737. The van der Waals surface area contributed by atoms with Crippen LogP contribution in [0.4, 0.5) is 4.39 Å². The molecule has 8 heteroatoms. The van der Waals surface area contributed by atoms with E-state index in [1.165, 1.54) is 31.7 Å². The SMILES string of the molecule is O=C(Cn1cccn1)N1C[C@H]2C[C@@H](C1)[C@H](Cc1cccc(F)c1)N1CCCC[C@@H]21.O=CO. The fourth-order valence-electron chi connectivity index (χ4n) is 5.93. The van der Waals surface area contributed by atoms with Crippen LogP contribution in [-0.4, -0.2) is 68.8 Å². The first-order valence-corrected chi connectivity index (χ1v) is 11.4. The Balaban J connectivity index is 0.000000775. The number of carbonyl (C=O) groups excluding carboxylic acids is 1. The Hall–Kier alpha value is -2.74. The van der Waals surface area contributed by atoms with E-state index in [2.05, 4.69) is 14.9 Å². The lowest BCUT2D eigenvalue weighted by molar-refractivity contribution is -0.141. The number of hydrogen-bond acceptors (Lipinski definition) is 4. The first kappa shape index (κ1) is 22.5. The second-order valence-electron chi connectivity index (χ2n) is 9.07. The Morgan fingerprint density at radius 3 is 2.78 bits per heavy atom. The zero-order valence-electron chi connectivity index (χ0n) is 18.2. The van der Waals surface area contributed by atoms with Crippen molar-refractivity contribution in [3.8, 4) is 0 Å². The van der Waals surface area contributed by atoms with E-state index in [9.17, 15) is 9.18 Å². The highest BCUT2D eigenvalue weighted by atomic mass is 19.1. The highest BCUT2D eigenvalue weighted by Gasteiger charge is 2.47. The van der Waals surface area contributed by atoms with Crippen molar-refractivity contribution in [2.75, 3.05) is 19.6 Å². The summed E-state index contributed by atoms with van der Waals surface area (Å²) in [5.74, 6) is 1.01. The Bertz CT molecular complexity index is 906. The second-order valence-corrected chi connectivity index (χ2v) is 9.07. The first-order chi connectivity index (χ1) is 15.6. The zero-order chi connectivity index (χ0) is 22.5. The van der Waals surface area contributed by atoms with Gasteiger partial charge in [-0.05, 0) is 67.8 Å². The number of fused-ring (bicyclic) bond motifs is 4. The lowest BCUT2D eigenvalue weighted by Gasteiger charge is -2.57. The van der Waals surface area contributed by atoms with E-state index in [-0.39, 0.29) is 18.2 Å². The highest BCUT2D eigenvalue weighted by Crippen LogP contribution is 2.42. The fourth-order valence-corrected chi connectivity index (χ4v) is 5.93. The Morgan fingerprint density at radius 1 is 1.22 bits per heavy atom. The van der Waals surface area contributed by atoms with Gasteiger partial charge in [-0.1, -0.05) is 18.6 Å². The van der Waals surface area contributed by atoms with Crippen molar-refractivity contribution in [3.05, 3.63) is 54.1 Å². The zero-order valence-corrected chi connectivity index (χ0v) is 18.2. The van der Waals surface area contributed by atoms with E-state index in [0.29, 0.717) is 30.5 Å². The average Bonchev–Trinajstić information content (AvgIpc) is 3.30. The molecule has 3 fully saturated rings. The Kier molecular flexibility index (Phi) is 7.19. The van der Waals surface area contributed by atoms with Gasteiger partial charge in [-0.25, -0.2) is 4.39 Å². The number of carbonyl (C=O) groups is 2. The minimum atomic E-state index is -0.250. The van der Waals surface area contributed by atoms with Gasteiger partial charge in [0.25, 0.3) is 6.47 Å². The number of carboxylic acid groups (broad SMARTS) is 1. The number of piperidine rings is 3. The van der Waals surface area contributed by atoms with Crippen molar-refractivity contribution < 1.29 is 19.1 Å². The minimum Gasteiger partial charge on any atom is -0.483 e. The molecule has 1 aromatic heterocycles. The number of hydrogen-bond donors (Lipinski definition) is 1. The molecule has 0 aliphatic carbocycles. The average molecular weight is 443 g/mol. The molecule has 4 atom stereocenters. The van der Waals surface area contributed by atoms with Crippen molar-refractivity contribution in [2.24, 2.45) is 11.8 Å². The van der Waals surface area contributed by atoms with E-state index < -0.39 is 0 Å². The summed E-state index contributed by atoms with van der Waals surface area (Å²) in [5.41, 5.74) is 1.07. The van der Waals surface area contributed by atoms with Crippen LogP contribution >= 0.6 is 0 Å². The van der Waals surface area contributed by atoms with E-state index in [4.69, 9.17) is 9.90 Å². The van der Waals surface area contributed by atoms with Crippen LogP contribution in [0.25, 0.3) is 0 Å². The third-order valence-corrected chi connectivity index (χ3v) is 7.16. The number of nitrogens with zero attached hydrogens (tertiary/aromatic N) is 4. The summed E-state index contributed by atoms with van der Waals surface area (Å²) in [6.45, 7) is 2.87. The molecular weight excluding hydrogens is 411 g/mol. The molecule has 2 aromatic rings. The van der Waals surface area contributed by atoms with E-state index in [1.807, 2.05) is 24.4 Å². The molecule has 1 amide bonds. The van der Waals surface area contributed by atoms with E-state index in [0.717, 1.165) is 31.6 Å². The molecular formula is C24H31FN4O3. The van der Waals surface area contributed by atoms with Gasteiger partial charge in [0.1, 0.15) is 12.4 Å². The smallest absolute Gasteiger partial charge is 0.290 e. The van der Waals surface area contributed by atoms with Gasteiger partial charge in [-0.2, -0.15) is 5.10 Å². The van der Waals surface area contributed by atoms with Gasteiger partial charge in [-0.3, -0.25) is 19.2 Å². The number of benzene rings is 1. The molecule has 32 heavy (non-hydrogen) atoms. The third kappa shape index (κ3) is 5.01. The van der Waals surface area contributed by atoms with Gasteiger partial charge in [-0.15, -0.1) is 0 Å². The van der Waals surface area contributed by atoms with Crippen LogP contribution in [0, 0.1) is 17.7 Å². The van der Waals surface area contributed by atoms with Gasteiger partial charge in [0.15, 0.2) is 0 Å². The van der Waals surface area contributed by atoms with Crippen LogP contribution in [0.1, 0.15) is 31.2 Å². The number of likely N-dealkylation sites (tertiary alicyclic amines) is 1. The molecule has 1 aromatic carbocycles. The normalized spacial score (nSPS) is 27.1. The molecule has 3 saturated heterocycles. The molecule has 2 bridgehead atoms. The molecule has 4 heterocycles. The molecule has 172 valence electrons. The molecule has 3 aliphatic heterocycles. The maximum Gasteiger partial charge on any atom is 0.290 e. The highest BCUT2D eigenvalue weighted by molar-refractivity contribution is 5.76. The van der Waals surface area contributed by atoms with Crippen LogP contribution in [0.15, 0.2) is 42.7 Å². The molecule has 7 nitrogen and oxygen atoms in total. The van der Waals surface area contributed by atoms with Gasteiger partial charge >= 0.3 is 0 Å². The molecule has 0 spiro atoms. The fraction of sp³-hybridized carbons (Fsp3) is 0.542. The van der Waals surface area contributed by atoms with E-state index in [1.54, 1.807) is 16.9 Å². The Morgan fingerprint density at radius 2 is 2.03 bits per heavy atom. The number of halogens is 1. The van der Waals surface area contributed by atoms with Crippen LogP contribution in [0.5, 0.6) is 0 Å². The maximum atomic E-state index is 13.8. The van der Waals surface area contributed by atoms with Gasteiger partial charge < -0.3 is 10.0 Å². The minimum absolute atomic E-state index is 0.161. The molecule has 5 rings (SSSR count). The van der Waals surface area contributed by atoms with Crippen molar-refractivity contribution >= 4 is 12.4 Å². The topological polar surface area (TPSA) is 78.7 Å². The third-order valence-electron chi connectivity index (χ3n) is 7.16. The lowest BCUT2D eigenvalue weighted by atomic mass is 9.71. The molecule has 0 saturated carbocycles. The number of rotatable bonds is 4. The van der Waals surface area contributed by atoms with Crippen LogP contribution in [0.2, 0.25) is 0 Å². The summed E-state index contributed by atoms with van der Waals surface area (Å²) >= 11 is 0. The van der Waals surface area contributed by atoms with Gasteiger partial charge in [0, 0.05) is 37.6 Å². The largest absolute Gasteiger partial charge is 0.483 e. The maximum absolute atomic E-state index is 13.8. The predicted octanol–water partition coefficient (Wildman–Crippen LogP) is 2.67. The summed E-state index contributed by atoms with van der Waals surface area (Å²) in [4.78, 5) is 26.1. The van der Waals surface area contributed by atoms with Crippen molar-refractivity contribution in [1.82, 2.24) is 19.6 Å². The summed E-state index contributed by atoms with van der Waals surface area (Å²) in [7, 11) is 0. The van der Waals surface area contributed by atoms with Crippen LogP contribution < -0.4 is 0 Å². The molecule has 0 radical (unpaired) electrons. The number of amides is 1. The molecule has 1 N–H and O–H groups in total. The molecule has 3 aliphatic rings. The first-order valence-electron chi connectivity index (χ1n) is 11.4. The second kappa shape index (κ2) is 10.3. The molecule has 0 unspecified atom stereocenters. The van der Waals surface area contributed by atoms with Gasteiger partial charge in [0.05, 0.1) is 0 Å². The summed E-state index contributed by atoms with van der Waals surface area (Å²) in [6, 6.07) is 9.84. The van der Waals surface area contributed by atoms with Crippen molar-refractivity contribution in [1.29, 1.82) is 0 Å². The van der Waals surface area contributed by atoms with Crippen LogP contribution in [0.3, 0.4) is 0 Å². The lowest BCUT2D eigenvalue weighted by Crippen LogP contribution is -2.64. The predicted molar refractivity (Wildman–Crippen MR) is 117 cm³/mol. The van der Waals surface area contributed by atoms with Crippen molar-refractivity contribution in [3.63, 3.8) is 0 Å². The number of aromatic nitrogens is 2. The van der Waals surface area contributed by atoms with Crippen molar-refractivity contribution in [2.45, 2.75) is 50.7 Å². The van der Waals surface area contributed by atoms with Gasteiger partial charge in [0.2, 0.25) is 5.91 Å². The monoisotopic (exact) mass is 442 g/mol. The standard InChI is InChI=1S/C23H29FN4O.CH2O2/c24-20-6-3-5-17(11-20)12-22-19-13-18(21-7-1-2-10-28(21)22)14-26(15-19)23(29)16-27-9-4-8-25-27;2-1-3/h3-6,8-9,11,18-19,21-22H,1-2,7,10,12-16H2;1H,(H,2,3)/t18-,19+,21+,22+;/m1./s1. The van der Waals surface area contributed by atoms with Crippen LogP contribution in [-0.2, 0) is 22.6 Å². The summed E-state index contributed by atoms with van der Waals surface area (Å²) < 4.78 is 15.5. The summed E-state index contributed by atoms with van der Waals surface area (Å²) in [5, 5.41) is 11.1. The van der Waals surface area contributed by atoms with E-state index >= 15 is 0 Å². The summed E-state index contributed by atoms with van der Waals surface area (Å²) in [6.07, 6.45) is 9.36. The Labute approximate surface area is 187 Å².